The molecule has 0 N–H and O–H groups in total. The van der Waals surface area contributed by atoms with Crippen LogP contribution in [0.2, 0.25) is 5.02 Å². The fourth-order valence-corrected chi connectivity index (χ4v) is 3.46. The third-order valence-electron chi connectivity index (χ3n) is 4.60. The Hall–Kier alpha value is -3.37. The molecule has 0 aliphatic heterocycles. The highest BCUT2D eigenvalue weighted by Gasteiger charge is 2.22. The zero-order chi connectivity index (χ0) is 20.4. The van der Waals surface area contributed by atoms with Crippen LogP contribution in [0, 0.1) is 6.92 Å². The molecule has 0 atom stereocenters. The second kappa shape index (κ2) is 7.94. The Balaban J connectivity index is 1.88. The molecule has 0 saturated heterocycles. The molecule has 4 aromatic rings. The van der Waals surface area contributed by atoms with Gasteiger partial charge in [0.1, 0.15) is 5.58 Å². The van der Waals surface area contributed by atoms with E-state index in [9.17, 15) is 9.59 Å². The number of aryl methyl sites for hydroxylation is 1. The van der Waals surface area contributed by atoms with E-state index in [2.05, 4.69) is 0 Å². The third kappa shape index (κ3) is 3.93. The maximum Gasteiger partial charge on any atom is 0.343 e. The van der Waals surface area contributed by atoms with Crippen molar-refractivity contribution in [1.29, 1.82) is 0 Å². The first kappa shape index (κ1) is 19.0. The summed E-state index contributed by atoms with van der Waals surface area (Å²) in [5.41, 5.74) is 2.17. The summed E-state index contributed by atoms with van der Waals surface area (Å²) in [6.07, 6.45) is 0.251. The maximum absolute atomic E-state index is 12.8. The van der Waals surface area contributed by atoms with Crippen molar-refractivity contribution < 1.29 is 13.9 Å². The molecule has 0 aliphatic rings. The van der Waals surface area contributed by atoms with Gasteiger partial charge < -0.3 is 9.15 Å². The van der Waals surface area contributed by atoms with Crippen LogP contribution >= 0.6 is 11.6 Å². The lowest BCUT2D eigenvalue weighted by molar-refractivity contribution is 0.0735. The lowest BCUT2D eigenvalue weighted by atomic mass is 10.0. The smallest absolute Gasteiger partial charge is 0.343 e. The molecular formula is C24H17ClO4. The van der Waals surface area contributed by atoms with E-state index in [0.29, 0.717) is 16.0 Å². The van der Waals surface area contributed by atoms with Crippen molar-refractivity contribution in [2.75, 3.05) is 0 Å². The van der Waals surface area contributed by atoms with Crippen molar-refractivity contribution in [2.45, 2.75) is 13.3 Å². The fourth-order valence-electron chi connectivity index (χ4n) is 3.20. The molecule has 0 bridgehead atoms. The number of ether oxygens (including phenoxy) is 1. The van der Waals surface area contributed by atoms with Gasteiger partial charge in [-0.2, -0.15) is 0 Å². The van der Waals surface area contributed by atoms with E-state index in [1.807, 2.05) is 43.3 Å². The summed E-state index contributed by atoms with van der Waals surface area (Å²) >= 11 is 6.39. The third-order valence-corrected chi connectivity index (χ3v) is 4.91. The minimum atomic E-state index is -0.560. The van der Waals surface area contributed by atoms with Crippen molar-refractivity contribution in [3.63, 3.8) is 0 Å². The summed E-state index contributed by atoms with van der Waals surface area (Å²) in [4.78, 5) is 25.6. The van der Waals surface area contributed by atoms with E-state index >= 15 is 0 Å². The number of hydrogen-bond donors (Lipinski definition) is 0. The minimum absolute atomic E-state index is 0.136. The van der Waals surface area contributed by atoms with Crippen LogP contribution in [0.1, 0.15) is 27.0 Å². The predicted octanol–water partition coefficient (Wildman–Crippen LogP) is 5.56. The van der Waals surface area contributed by atoms with Crippen LogP contribution in [0.25, 0.3) is 11.0 Å². The number of halogens is 1. The molecule has 5 heteroatoms. The lowest BCUT2D eigenvalue weighted by Gasteiger charge is -2.13. The summed E-state index contributed by atoms with van der Waals surface area (Å²) in [7, 11) is 0. The molecule has 29 heavy (non-hydrogen) atoms. The molecule has 144 valence electrons. The van der Waals surface area contributed by atoms with Crippen LogP contribution in [0.5, 0.6) is 5.75 Å². The van der Waals surface area contributed by atoms with Crippen LogP contribution in [-0.2, 0) is 6.42 Å². The maximum atomic E-state index is 12.8. The van der Waals surface area contributed by atoms with Crippen LogP contribution in [-0.4, -0.2) is 5.97 Å². The van der Waals surface area contributed by atoms with Gasteiger partial charge in [0, 0.05) is 6.42 Å². The molecule has 0 saturated carbocycles. The molecule has 0 amide bonds. The summed E-state index contributed by atoms with van der Waals surface area (Å²) < 4.78 is 11.2. The van der Waals surface area contributed by atoms with Crippen molar-refractivity contribution >= 4 is 28.5 Å². The highest BCUT2D eigenvalue weighted by molar-refractivity contribution is 6.36. The largest absolute Gasteiger partial charge is 0.422 e. The van der Waals surface area contributed by atoms with Crippen molar-refractivity contribution in [3.8, 4) is 5.75 Å². The van der Waals surface area contributed by atoms with E-state index in [-0.39, 0.29) is 23.3 Å². The van der Waals surface area contributed by atoms with E-state index in [1.54, 1.807) is 36.4 Å². The monoisotopic (exact) mass is 404 g/mol. The lowest BCUT2D eigenvalue weighted by Crippen LogP contribution is -2.16. The molecule has 0 fully saturated rings. The van der Waals surface area contributed by atoms with Gasteiger partial charge in [-0.15, -0.1) is 0 Å². The molecule has 3 aromatic carbocycles. The fraction of sp³-hybridized carbons (Fsp3) is 0.0833. The van der Waals surface area contributed by atoms with E-state index < -0.39 is 11.6 Å². The number of hydrogen-bond acceptors (Lipinski definition) is 4. The second-order valence-electron chi connectivity index (χ2n) is 6.73. The van der Waals surface area contributed by atoms with Gasteiger partial charge in [-0.05, 0) is 36.8 Å². The Morgan fingerprint density at radius 1 is 1.00 bits per heavy atom. The van der Waals surface area contributed by atoms with Gasteiger partial charge in [0.25, 0.3) is 0 Å². The van der Waals surface area contributed by atoms with Crippen LogP contribution in [0.15, 0.2) is 82.0 Å². The number of carbonyl (C=O) groups is 1. The summed E-state index contributed by atoms with van der Waals surface area (Å²) in [5, 5.41) is 0.744. The highest BCUT2D eigenvalue weighted by Crippen LogP contribution is 2.35. The van der Waals surface area contributed by atoms with Gasteiger partial charge in [-0.25, -0.2) is 9.59 Å². The quantitative estimate of drug-likeness (QED) is 0.330. The van der Waals surface area contributed by atoms with Gasteiger partial charge in [-0.3, -0.25) is 0 Å². The van der Waals surface area contributed by atoms with E-state index in [4.69, 9.17) is 20.8 Å². The molecule has 0 unspecified atom stereocenters. The minimum Gasteiger partial charge on any atom is -0.422 e. The van der Waals surface area contributed by atoms with Gasteiger partial charge in [0.15, 0.2) is 5.75 Å². The zero-order valence-electron chi connectivity index (χ0n) is 15.6. The first-order chi connectivity index (χ1) is 14.0. The molecule has 0 spiro atoms. The Morgan fingerprint density at radius 2 is 1.76 bits per heavy atom. The van der Waals surface area contributed by atoms with Crippen LogP contribution in [0.4, 0.5) is 0 Å². The molecule has 4 nitrogen and oxygen atoms in total. The van der Waals surface area contributed by atoms with Crippen LogP contribution in [0.3, 0.4) is 0 Å². The second-order valence-corrected chi connectivity index (χ2v) is 7.14. The number of benzene rings is 3. The highest BCUT2D eigenvalue weighted by atomic mass is 35.5. The average molecular weight is 405 g/mol. The molecule has 0 aliphatic carbocycles. The summed E-state index contributed by atoms with van der Waals surface area (Å²) in [6.45, 7) is 1.89. The number of fused-ring (bicyclic) bond motifs is 1. The zero-order valence-corrected chi connectivity index (χ0v) is 16.4. The van der Waals surface area contributed by atoms with Gasteiger partial charge in [0.05, 0.1) is 21.5 Å². The first-order valence-corrected chi connectivity index (χ1v) is 9.47. The Labute approximate surface area is 172 Å². The SMILES string of the molecule is Cc1cccc(C(=O)Oc2c(Cc3ccccc3)c(=O)oc3cccc(Cl)c23)c1. The van der Waals surface area contributed by atoms with Gasteiger partial charge in [-0.1, -0.05) is 65.7 Å². The number of esters is 1. The normalized spacial score (nSPS) is 10.8. The molecule has 1 heterocycles. The first-order valence-electron chi connectivity index (χ1n) is 9.10. The molecule has 0 radical (unpaired) electrons. The average Bonchev–Trinajstić information content (AvgIpc) is 2.71. The summed E-state index contributed by atoms with van der Waals surface area (Å²) in [5.74, 6) is -0.424. The topological polar surface area (TPSA) is 56.5 Å². The van der Waals surface area contributed by atoms with Gasteiger partial charge >= 0.3 is 11.6 Å². The Kier molecular flexibility index (Phi) is 5.19. The molecular weight excluding hydrogens is 388 g/mol. The predicted molar refractivity (Wildman–Crippen MR) is 113 cm³/mol. The summed E-state index contributed by atoms with van der Waals surface area (Å²) in [6, 6.07) is 21.5. The Morgan fingerprint density at radius 3 is 2.52 bits per heavy atom. The standard InChI is InChI=1S/C24H17ClO4/c1-15-7-5-10-17(13-15)23(26)29-22-18(14-16-8-3-2-4-9-16)24(27)28-20-12-6-11-19(25)21(20)22/h2-13H,14H2,1H3. The Bertz CT molecular complexity index is 1260. The van der Waals surface area contributed by atoms with E-state index in [0.717, 1.165) is 11.1 Å². The van der Waals surface area contributed by atoms with Gasteiger partial charge in [0.2, 0.25) is 0 Å². The molecule has 1 aromatic heterocycles. The number of rotatable bonds is 4. The van der Waals surface area contributed by atoms with Crippen LogP contribution < -0.4 is 10.4 Å². The van der Waals surface area contributed by atoms with E-state index in [1.165, 1.54) is 0 Å². The van der Waals surface area contributed by atoms with Crippen molar-refractivity contribution in [1.82, 2.24) is 0 Å². The van der Waals surface area contributed by atoms with Crippen molar-refractivity contribution in [3.05, 3.63) is 110 Å². The number of carbonyl (C=O) groups excluding carboxylic acids is 1. The molecule has 4 rings (SSSR count). The van der Waals surface area contributed by atoms with Crippen molar-refractivity contribution in [2.24, 2.45) is 0 Å².